The number of sulfone groups is 1. The van der Waals surface area contributed by atoms with Crippen molar-refractivity contribution in [3.8, 4) is 0 Å². The van der Waals surface area contributed by atoms with E-state index in [4.69, 9.17) is 16.3 Å². The third kappa shape index (κ3) is 4.61. The summed E-state index contributed by atoms with van der Waals surface area (Å²) in [4.78, 5) is 4.26. The fourth-order valence-corrected chi connectivity index (χ4v) is 4.40. The molecule has 0 fully saturated rings. The standard InChI is InChI=1S/C21H24FN5O3S/c1-3-30-14-27(24)20(19(23)15-9-11-16(22)12-10-15)18-13-25-21(26(18)2)31(28,29)17-7-5-4-6-8-17/h4-13H,3,14,23-24H2,1-2H3/b20-19-. The summed E-state index contributed by atoms with van der Waals surface area (Å²) in [5, 5.41) is 1.10. The van der Waals surface area contributed by atoms with E-state index in [1.54, 1.807) is 25.2 Å². The monoisotopic (exact) mass is 445 g/mol. The molecule has 4 N–H and O–H groups in total. The smallest absolute Gasteiger partial charge is 0.240 e. The average molecular weight is 446 g/mol. The highest BCUT2D eigenvalue weighted by Crippen LogP contribution is 2.28. The number of benzene rings is 2. The highest BCUT2D eigenvalue weighted by atomic mass is 32.2. The molecule has 0 bridgehead atoms. The number of imidazole rings is 1. The van der Waals surface area contributed by atoms with Gasteiger partial charge >= 0.3 is 0 Å². The van der Waals surface area contributed by atoms with Gasteiger partial charge in [-0.1, -0.05) is 18.2 Å². The van der Waals surface area contributed by atoms with Crippen LogP contribution >= 0.6 is 0 Å². The highest BCUT2D eigenvalue weighted by molar-refractivity contribution is 7.91. The molecule has 31 heavy (non-hydrogen) atoms. The number of nitrogens with two attached hydrogens (primary N) is 2. The molecule has 164 valence electrons. The summed E-state index contributed by atoms with van der Waals surface area (Å²) in [6.07, 6.45) is 1.38. The molecule has 10 heteroatoms. The molecule has 0 radical (unpaired) electrons. The summed E-state index contributed by atoms with van der Waals surface area (Å²) >= 11 is 0. The number of nitrogens with zero attached hydrogens (tertiary/aromatic N) is 3. The van der Waals surface area contributed by atoms with Gasteiger partial charge in [0.25, 0.3) is 0 Å². The van der Waals surface area contributed by atoms with Crippen molar-refractivity contribution in [2.24, 2.45) is 18.6 Å². The molecule has 3 rings (SSSR count). The minimum absolute atomic E-state index is 0.000321. The quantitative estimate of drug-likeness (QED) is 0.311. The summed E-state index contributed by atoms with van der Waals surface area (Å²) in [6.45, 7) is 2.23. The number of rotatable bonds is 8. The fourth-order valence-electron chi connectivity index (χ4n) is 3.03. The van der Waals surface area contributed by atoms with Gasteiger partial charge in [-0.15, -0.1) is 0 Å². The van der Waals surface area contributed by atoms with E-state index in [1.807, 2.05) is 6.92 Å². The molecule has 2 aromatic carbocycles. The zero-order chi connectivity index (χ0) is 22.6. The maximum absolute atomic E-state index is 13.4. The van der Waals surface area contributed by atoms with Gasteiger partial charge in [-0.25, -0.2) is 23.6 Å². The summed E-state index contributed by atoms with van der Waals surface area (Å²) < 4.78 is 46.3. The second kappa shape index (κ2) is 9.29. The van der Waals surface area contributed by atoms with Crippen molar-refractivity contribution < 1.29 is 17.5 Å². The van der Waals surface area contributed by atoms with Crippen molar-refractivity contribution in [1.82, 2.24) is 14.6 Å². The van der Waals surface area contributed by atoms with Gasteiger partial charge in [0, 0.05) is 13.7 Å². The van der Waals surface area contributed by atoms with E-state index >= 15 is 0 Å². The predicted molar refractivity (Wildman–Crippen MR) is 115 cm³/mol. The van der Waals surface area contributed by atoms with Crippen LogP contribution in [-0.4, -0.2) is 36.3 Å². The Morgan fingerprint density at radius 2 is 1.81 bits per heavy atom. The topological polar surface area (TPSA) is 116 Å². The van der Waals surface area contributed by atoms with E-state index in [1.165, 1.54) is 52.2 Å². The Morgan fingerprint density at radius 1 is 1.16 bits per heavy atom. The lowest BCUT2D eigenvalue weighted by Crippen LogP contribution is -2.34. The lowest BCUT2D eigenvalue weighted by Gasteiger charge is -2.24. The Labute approximate surface area is 180 Å². The number of hydrazine groups is 1. The molecule has 0 aliphatic carbocycles. The van der Waals surface area contributed by atoms with Gasteiger partial charge in [0.15, 0.2) is 0 Å². The molecule has 0 unspecified atom stereocenters. The predicted octanol–water partition coefficient (Wildman–Crippen LogP) is 2.35. The van der Waals surface area contributed by atoms with Crippen LogP contribution in [0, 0.1) is 5.82 Å². The van der Waals surface area contributed by atoms with Crippen LogP contribution in [0.5, 0.6) is 0 Å². The number of halogens is 1. The van der Waals surface area contributed by atoms with Crippen molar-refractivity contribution in [3.63, 3.8) is 0 Å². The first-order valence-corrected chi connectivity index (χ1v) is 10.9. The first-order valence-electron chi connectivity index (χ1n) is 9.45. The van der Waals surface area contributed by atoms with Crippen LogP contribution in [0.2, 0.25) is 0 Å². The Kier molecular flexibility index (Phi) is 6.74. The Bertz CT molecular complexity index is 1180. The van der Waals surface area contributed by atoms with Crippen LogP contribution in [0.4, 0.5) is 4.39 Å². The molecule has 0 aliphatic rings. The second-order valence-corrected chi connectivity index (χ2v) is 8.51. The molecule has 3 aromatic rings. The van der Waals surface area contributed by atoms with E-state index in [0.29, 0.717) is 23.6 Å². The molecule has 0 atom stereocenters. The van der Waals surface area contributed by atoms with Crippen molar-refractivity contribution in [2.45, 2.75) is 17.0 Å². The summed E-state index contributed by atoms with van der Waals surface area (Å²) in [6, 6.07) is 13.6. The summed E-state index contributed by atoms with van der Waals surface area (Å²) in [5.41, 5.74) is 7.77. The minimum Gasteiger partial charge on any atom is -0.396 e. The largest absolute Gasteiger partial charge is 0.396 e. The first kappa shape index (κ1) is 22.5. The Morgan fingerprint density at radius 3 is 2.42 bits per heavy atom. The molecule has 0 amide bonds. The average Bonchev–Trinajstić information content (AvgIpc) is 3.15. The molecule has 1 aromatic heterocycles. The van der Waals surface area contributed by atoms with Crippen molar-refractivity contribution in [1.29, 1.82) is 0 Å². The molecule has 0 spiro atoms. The van der Waals surface area contributed by atoms with Crippen molar-refractivity contribution in [2.75, 3.05) is 13.3 Å². The maximum Gasteiger partial charge on any atom is 0.240 e. The zero-order valence-electron chi connectivity index (χ0n) is 17.2. The third-order valence-electron chi connectivity index (χ3n) is 4.61. The van der Waals surface area contributed by atoms with Crippen LogP contribution in [0.3, 0.4) is 0 Å². The van der Waals surface area contributed by atoms with Crippen LogP contribution in [0.25, 0.3) is 11.4 Å². The molecule has 0 saturated carbocycles. The van der Waals surface area contributed by atoms with Gasteiger partial charge in [-0.3, -0.25) is 5.01 Å². The molecular formula is C21H24FN5O3S. The molecule has 8 nitrogen and oxygen atoms in total. The van der Waals surface area contributed by atoms with Gasteiger partial charge in [0.1, 0.15) is 18.2 Å². The number of hydrogen-bond acceptors (Lipinski definition) is 7. The highest BCUT2D eigenvalue weighted by Gasteiger charge is 2.27. The third-order valence-corrected chi connectivity index (χ3v) is 6.37. The first-order chi connectivity index (χ1) is 14.8. The number of aromatic nitrogens is 2. The fraction of sp³-hybridized carbons (Fsp3) is 0.190. The second-order valence-electron chi connectivity index (χ2n) is 6.66. The van der Waals surface area contributed by atoms with Gasteiger partial charge < -0.3 is 15.0 Å². The Balaban J connectivity index is 2.15. The lowest BCUT2D eigenvalue weighted by molar-refractivity contribution is 0.0684. The molecule has 0 saturated heterocycles. The van der Waals surface area contributed by atoms with E-state index in [-0.39, 0.29) is 22.5 Å². The molecular weight excluding hydrogens is 421 g/mol. The SMILES string of the molecule is CCOCN(N)/C(=C(\N)c1ccc(F)cc1)c1cnc(S(=O)(=O)c2ccccc2)n1C. The van der Waals surface area contributed by atoms with Crippen LogP contribution in [0.1, 0.15) is 18.2 Å². The number of ether oxygens (including phenoxy) is 1. The van der Waals surface area contributed by atoms with Crippen molar-refractivity contribution in [3.05, 3.63) is 77.9 Å². The van der Waals surface area contributed by atoms with E-state index in [9.17, 15) is 12.8 Å². The maximum atomic E-state index is 13.4. The van der Waals surface area contributed by atoms with E-state index < -0.39 is 15.7 Å². The number of hydrogen-bond donors (Lipinski definition) is 2. The zero-order valence-corrected chi connectivity index (χ0v) is 18.0. The van der Waals surface area contributed by atoms with E-state index in [2.05, 4.69) is 4.98 Å². The molecule has 1 heterocycles. The van der Waals surface area contributed by atoms with Gasteiger partial charge in [0.05, 0.1) is 22.5 Å². The Hall–Kier alpha value is -3.21. The van der Waals surface area contributed by atoms with Gasteiger partial charge in [-0.2, -0.15) is 0 Å². The van der Waals surface area contributed by atoms with Gasteiger partial charge in [-0.05, 0) is 48.9 Å². The lowest BCUT2D eigenvalue weighted by atomic mass is 10.1. The molecule has 0 aliphatic heterocycles. The van der Waals surface area contributed by atoms with Crippen LogP contribution < -0.4 is 11.6 Å². The van der Waals surface area contributed by atoms with Crippen LogP contribution in [0.15, 0.2) is 70.8 Å². The van der Waals surface area contributed by atoms with Crippen LogP contribution in [-0.2, 0) is 21.6 Å². The normalized spacial score (nSPS) is 12.5. The van der Waals surface area contributed by atoms with Crippen molar-refractivity contribution >= 4 is 21.2 Å². The summed E-state index contributed by atoms with van der Waals surface area (Å²) in [7, 11) is -2.31. The van der Waals surface area contributed by atoms with Gasteiger partial charge in [0.2, 0.25) is 15.0 Å². The summed E-state index contributed by atoms with van der Waals surface area (Å²) in [5.74, 6) is 5.80. The minimum atomic E-state index is -3.87. The van der Waals surface area contributed by atoms with E-state index in [0.717, 1.165) is 0 Å².